The van der Waals surface area contributed by atoms with E-state index in [9.17, 15) is 4.79 Å². The van der Waals surface area contributed by atoms with Crippen LogP contribution in [0.3, 0.4) is 0 Å². The molecule has 1 fully saturated rings. The normalized spacial score (nSPS) is 18.4. The summed E-state index contributed by atoms with van der Waals surface area (Å²) in [4.78, 5) is 21.1. The molecule has 0 atom stereocenters. The van der Waals surface area contributed by atoms with Crippen molar-refractivity contribution >= 4 is 44.6 Å². The van der Waals surface area contributed by atoms with Crippen LogP contribution in [0.2, 0.25) is 5.02 Å². The van der Waals surface area contributed by atoms with Crippen LogP contribution in [0.4, 0.5) is 5.69 Å². The molecule has 0 bridgehead atoms. The first-order valence-electron chi connectivity index (χ1n) is 11.3. The lowest BCUT2D eigenvalue weighted by Crippen LogP contribution is -2.45. The predicted molar refractivity (Wildman–Crippen MR) is 138 cm³/mol. The number of para-hydroxylation sites is 1. The fraction of sp³-hybridized carbons (Fsp3) is 0.259. The zero-order valence-corrected chi connectivity index (χ0v) is 20.1. The van der Waals surface area contributed by atoms with E-state index in [0.29, 0.717) is 15.9 Å². The highest BCUT2D eigenvalue weighted by Crippen LogP contribution is 2.40. The van der Waals surface area contributed by atoms with E-state index in [2.05, 4.69) is 16.4 Å². The number of nitrogens with zero attached hydrogens (tertiary/aromatic N) is 2. The topological polar surface area (TPSA) is 45.2 Å². The van der Waals surface area contributed by atoms with E-state index in [1.165, 1.54) is 11.3 Å². The molecule has 1 aliphatic rings. The summed E-state index contributed by atoms with van der Waals surface area (Å²) in [5.74, 6) is -0.0227. The van der Waals surface area contributed by atoms with Crippen LogP contribution in [0.15, 0.2) is 73.1 Å². The number of halogens is 1. The van der Waals surface area contributed by atoms with Crippen molar-refractivity contribution in [1.82, 2.24) is 10.3 Å². The van der Waals surface area contributed by atoms with Gasteiger partial charge in [0, 0.05) is 45.7 Å². The summed E-state index contributed by atoms with van der Waals surface area (Å²) in [5.41, 5.74) is 2.92. The van der Waals surface area contributed by atoms with Crippen molar-refractivity contribution in [2.45, 2.75) is 37.8 Å². The van der Waals surface area contributed by atoms with E-state index in [1.807, 2.05) is 72.7 Å². The van der Waals surface area contributed by atoms with Crippen molar-refractivity contribution in [3.8, 4) is 11.1 Å². The molecule has 4 nitrogen and oxygen atoms in total. The van der Waals surface area contributed by atoms with Crippen molar-refractivity contribution < 1.29 is 4.79 Å². The average Bonchev–Trinajstić information content (AvgIpc) is 3.22. The van der Waals surface area contributed by atoms with E-state index in [0.717, 1.165) is 52.6 Å². The first kappa shape index (κ1) is 22.1. The van der Waals surface area contributed by atoms with Gasteiger partial charge in [-0.3, -0.25) is 9.78 Å². The Morgan fingerprint density at radius 1 is 1.03 bits per heavy atom. The van der Waals surface area contributed by atoms with Gasteiger partial charge in [0.25, 0.3) is 5.91 Å². The number of hydrogen-bond donors (Lipinski definition) is 1. The van der Waals surface area contributed by atoms with Gasteiger partial charge >= 0.3 is 0 Å². The molecule has 2 aromatic heterocycles. The number of rotatable bonds is 5. The number of fused-ring (bicyclic) bond motifs is 1. The maximum absolute atomic E-state index is 14.2. The van der Waals surface area contributed by atoms with Crippen LogP contribution in [0.1, 0.15) is 35.4 Å². The maximum atomic E-state index is 14.2. The molecule has 0 radical (unpaired) electrons. The lowest BCUT2D eigenvalue weighted by molar-refractivity contribution is 0.0973. The number of nitrogens with one attached hydrogen (secondary N) is 1. The van der Waals surface area contributed by atoms with Gasteiger partial charge in [-0.15, -0.1) is 11.3 Å². The van der Waals surface area contributed by atoms with E-state index in [-0.39, 0.29) is 11.9 Å². The SMILES string of the molecule is CNC1CCC(N(C(=O)c2sc3ccccc3c2Cl)c2ccccc2-c2cccnc2)CC1. The van der Waals surface area contributed by atoms with Crippen molar-refractivity contribution in [3.63, 3.8) is 0 Å². The molecule has 33 heavy (non-hydrogen) atoms. The Hall–Kier alpha value is -2.73. The summed E-state index contributed by atoms with van der Waals surface area (Å²) in [7, 11) is 2.02. The molecule has 2 heterocycles. The second kappa shape index (κ2) is 9.64. The third-order valence-electron chi connectivity index (χ3n) is 6.55. The third kappa shape index (κ3) is 4.29. The van der Waals surface area contributed by atoms with Crippen molar-refractivity contribution in [3.05, 3.63) is 83.0 Å². The molecule has 1 amide bonds. The Balaban J connectivity index is 1.62. The van der Waals surface area contributed by atoms with Gasteiger partial charge in [0.15, 0.2) is 0 Å². The van der Waals surface area contributed by atoms with E-state index in [1.54, 1.807) is 6.20 Å². The van der Waals surface area contributed by atoms with Gasteiger partial charge in [0.05, 0.1) is 10.7 Å². The molecule has 0 spiro atoms. The third-order valence-corrected chi connectivity index (χ3v) is 8.22. The molecule has 168 valence electrons. The van der Waals surface area contributed by atoms with E-state index in [4.69, 9.17) is 11.6 Å². The van der Waals surface area contributed by atoms with Gasteiger partial charge in [-0.1, -0.05) is 54.1 Å². The van der Waals surface area contributed by atoms with Gasteiger partial charge < -0.3 is 10.2 Å². The van der Waals surface area contributed by atoms with Gasteiger partial charge in [-0.2, -0.15) is 0 Å². The summed E-state index contributed by atoms with van der Waals surface area (Å²) in [6.45, 7) is 0. The number of thiophene rings is 1. The highest BCUT2D eigenvalue weighted by molar-refractivity contribution is 7.21. The van der Waals surface area contributed by atoms with E-state index >= 15 is 0 Å². The molecule has 0 aliphatic heterocycles. The molecule has 4 aromatic rings. The van der Waals surface area contributed by atoms with Crippen molar-refractivity contribution in [1.29, 1.82) is 0 Å². The largest absolute Gasteiger partial charge is 0.317 e. The minimum atomic E-state index is -0.0227. The number of anilines is 1. The van der Waals surface area contributed by atoms with Crippen LogP contribution in [0, 0.1) is 0 Å². The highest BCUT2D eigenvalue weighted by Gasteiger charge is 2.33. The second-order valence-corrected chi connectivity index (χ2v) is 9.90. The number of hydrogen-bond acceptors (Lipinski definition) is 4. The smallest absolute Gasteiger partial charge is 0.270 e. The quantitative estimate of drug-likeness (QED) is 0.345. The van der Waals surface area contributed by atoms with Crippen LogP contribution < -0.4 is 10.2 Å². The predicted octanol–water partition coefficient (Wildman–Crippen LogP) is 6.79. The minimum absolute atomic E-state index is 0.0227. The van der Waals surface area contributed by atoms with Gasteiger partial charge in [-0.25, -0.2) is 0 Å². The number of benzene rings is 2. The number of pyridine rings is 1. The van der Waals surface area contributed by atoms with Crippen LogP contribution in [0.25, 0.3) is 21.2 Å². The summed E-state index contributed by atoms with van der Waals surface area (Å²) in [5, 5.41) is 4.88. The average molecular weight is 476 g/mol. The minimum Gasteiger partial charge on any atom is -0.317 e. The van der Waals surface area contributed by atoms with Crippen LogP contribution in [-0.4, -0.2) is 30.0 Å². The number of aromatic nitrogens is 1. The Kier molecular flexibility index (Phi) is 6.45. The molecule has 0 saturated heterocycles. The number of carbonyl (C=O) groups excluding carboxylic acids is 1. The molecule has 2 aromatic carbocycles. The zero-order valence-electron chi connectivity index (χ0n) is 18.5. The molecular weight excluding hydrogens is 450 g/mol. The van der Waals surface area contributed by atoms with Gasteiger partial charge in [0.1, 0.15) is 4.88 Å². The molecule has 5 rings (SSSR count). The Labute approximate surface area is 203 Å². The standard InChI is InChI=1S/C27H26ClN3OS/c1-29-19-12-14-20(15-13-19)31(23-10-4-2-8-21(23)18-7-6-16-30-17-18)27(32)26-25(28)22-9-3-5-11-24(22)33-26/h2-11,16-17,19-20,29H,12-15H2,1H3. The zero-order chi connectivity index (χ0) is 22.8. The maximum Gasteiger partial charge on any atom is 0.270 e. The molecule has 1 saturated carbocycles. The van der Waals surface area contributed by atoms with Crippen LogP contribution in [0.5, 0.6) is 0 Å². The highest BCUT2D eigenvalue weighted by atomic mass is 35.5. The first-order chi connectivity index (χ1) is 16.2. The summed E-state index contributed by atoms with van der Waals surface area (Å²) >= 11 is 8.25. The molecular formula is C27H26ClN3OS. The molecule has 1 N–H and O–H groups in total. The van der Waals surface area contributed by atoms with Crippen molar-refractivity contribution in [2.24, 2.45) is 0 Å². The fourth-order valence-corrected chi connectivity index (χ4v) is 6.25. The Bertz CT molecular complexity index is 1260. The fourth-order valence-electron chi connectivity index (χ4n) is 4.81. The van der Waals surface area contributed by atoms with Crippen molar-refractivity contribution in [2.75, 3.05) is 11.9 Å². The van der Waals surface area contributed by atoms with Gasteiger partial charge in [0.2, 0.25) is 0 Å². The van der Waals surface area contributed by atoms with Crippen LogP contribution in [-0.2, 0) is 0 Å². The molecule has 6 heteroatoms. The summed E-state index contributed by atoms with van der Waals surface area (Å²) < 4.78 is 1.03. The number of carbonyl (C=O) groups is 1. The Morgan fingerprint density at radius 2 is 1.79 bits per heavy atom. The number of amides is 1. The monoisotopic (exact) mass is 475 g/mol. The van der Waals surface area contributed by atoms with Crippen LogP contribution >= 0.6 is 22.9 Å². The summed E-state index contributed by atoms with van der Waals surface area (Å²) in [6, 6.07) is 20.7. The Morgan fingerprint density at radius 3 is 2.52 bits per heavy atom. The summed E-state index contributed by atoms with van der Waals surface area (Å²) in [6.07, 6.45) is 7.60. The molecule has 1 aliphatic carbocycles. The van der Waals surface area contributed by atoms with Gasteiger partial charge in [-0.05, 0) is 50.9 Å². The van der Waals surface area contributed by atoms with E-state index < -0.39 is 0 Å². The second-order valence-electron chi connectivity index (χ2n) is 8.47. The lowest BCUT2D eigenvalue weighted by Gasteiger charge is -2.37. The first-order valence-corrected chi connectivity index (χ1v) is 12.5. The lowest BCUT2D eigenvalue weighted by atomic mass is 9.89. The molecule has 0 unspecified atom stereocenters.